The number of hydrogen-bond acceptors (Lipinski definition) is 5. The zero-order valence-electron chi connectivity index (χ0n) is 12.7. The SMILES string of the molecule is CCOC(=O)[C@H](Br)Cc1ccccc1S(=O)(=O)NCC(Br)C(=O)O. The van der Waals surface area contributed by atoms with Crippen LogP contribution in [0.5, 0.6) is 0 Å². The number of nitrogens with one attached hydrogen (secondary N) is 1. The Hall–Kier alpha value is -0.970. The minimum Gasteiger partial charge on any atom is -0.480 e. The fourth-order valence-corrected chi connectivity index (χ4v) is 3.94. The lowest BCUT2D eigenvalue weighted by atomic mass is 10.1. The van der Waals surface area contributed by atoms with Gasteiger partial charge in [-0.2, -0.15) is 0 Å². The van der Waals surface area contributed by atoms with Crippen molar-refractivity contribution in [3.8, 4) is 0 Å². The molecule has 10 heteroatoms. The number of halogens is 2. The Balaban J connectivity index is 2.96. The number of rotatable bonds is 9. The Morgan fingerprint density at radius 3 is 2.46 bits per heavy atom. The van der Waals surface area contributed by atoms with E-state index in [9.17, 15) is 18.0 Å². The Kier molecular flexibility index (Phi) is 8.34. The van der Waals surface area contributed by atoms with Crippen molar-refractivity contribution in [2.45, 2.75) is 27.9 Å². The number of carboxylic acid groups (broad SMARTS) is 1. The maximum atomic E-state index is 12.4. The van der Waals surface area contributed by atoms with Gasteiger partial charge in [0.15, 0.2) is 0 Å². The van der Waals surface area contributed by atoms with Gasteiger partial charge in [0.2, 0.25) is 10.0 Å². The summed E-state index contributed by atoms with van der Waals surface area (Å²) in [4.78, 5) is 20.7. The molecule has 134 valence electrons. The Morgan fingerprint density at radius 1 is 1.25 bits per heavy atom. The van der Waals surface area contributed by atoms with Gasteiger partial charge in [-0.1, -0.05) is 50.1 Å². The number of alkyl halides is 2. The van der Waals surface area contributed by atoms with Gasteiger partial charge >= 0.3 is 11.9 Å². The van der Waals surface area contributed by atoms with E-state index in [0.717, 1.165) is 0 Å². The maximum absolute atomic E-state index is 12.4. The van der Waals surface area contributed by atoms with Gasteiger partial charge in [-0.05, 0) is 25.0 Å². The highest BCUT2D eigenvalue weighted by Crippen LogP contribution is 2.20. The van der Waals surface area contributed by atoms with Crippen molar-refractivity contribution in [1.82, 2.24) is 4.72 Å². The molecule has 2 N–H and O–H groups in total. The predicted molar refractivity (Wildman–Crippen MR) is 95.0 cm³/mol. The van der Waals surface area contributed by atoms with Crippen LogP contribution in [0.15, 0.2) is 29.2 Å². The molecule has 0 bridgehead atoms. The van der Waals surface area contributed by atoms with E-state index in [1.54, 1.807) is 25.1 Å². The lowest BCUT2D eigenvalue weighted by Crippen LogP contribution is -2.34. The minimum absolute atomic E-state index is 0.0103. The summed E-state index contributed by atoms with van der Waals surface area (Å²) in [5.41, 5.74) is 0.418. The van der Waals surface area contributed by atoms with E-state index in [1.807, 2.05) is 0 Å². The van der Waals surface area contributed by atoms with Gasteiger partial charge in [0, 0.05) is 6.54 Å². The van der Waals surface area contributed by atoms with Gasteiger partial charge < -0.3 is 9.84 Å². The molecule has 0 amide bonds. The smallest absolute Gasteiger partial charge is 0.320 e. The van der Waals surface area contributed by atoms with E-state index in [1.165, 1.54) is 6.07 Å². The normalized spacial score (nSPS) is 14.0. The first-order valence-corrected chi connectivity index (χ1v) is 10.3. The summed E-state index contributed by atoms with van der Waals surface area (Å²) in [7, 11) is -3.92. The van der Waals surface area contributed by atoms with E-state index in [0.29, 0.717) is 5.56 Å². The standard InChI is InChI=1S/C14H17Br2NO6S/c1-2-23-14(20)10(15)7-9-5-3-4-6-12(9)24(21,22)17-8-11(16)13(18)19/h3-6,10-11,17H,2,7-8H2,1H3,(H,18,19)/t10-,11?/m1/s1. The van der Waals surface area contributed by atoms with Crippen LogP contribution in [0, 0.1) is 0 Å². The van der Waals surface area contributed by atoms with Gasteiger partial charge in [0.1, 0.15) is 9.65 Å². The number of benzene rings is 1. The van der Waals surface area contributed by atoms with Crippen molar-refractivity contribution in [3.05, 3.63) is 29.8 Å². The second kappa shape index (κ2) is 9.50. The monoisotopic (exact) mass is 485 g/mol. The molecule has 0 fully saturated rings. The average Bonchev–Trinajstić information content (AvgIpc) is 2.53. The van der Waals surface area contributed by atoms with Crippen LogP contribution in [0.4, 0.5) is 0 Å². The summed E-state index contributed by atoms with van der Waals surface area (Å²) >= 11 is 6.06. The highest BCUT2D eigenvalue weighted by molar-refractivity contribution is 9.10. The third kappa shape index (κ3) is 6.15. The topological polar surface area (TPSA) is 110 Å². The second-order valence-electron chi connectivity index (χ2n) is 4.69. The van der Waals surface area contributed by atoms with Crippen LogP contribution in [0.2, 0.25) is 0 Å². The van der Waals surface area contributed by atoms with Gasteiger partial charge in [-0.15, -0.1) is 0 Å². The van der Waals surface area contributed by atoms with Gasteiger partial charge in [-0.3, -0.25) is 9.59 Å². The molecule has 0 spiro atoms. The quantitative estimate of drug-likeness (QED) is 0.406. The third-order valence-electron chi connectivity index (χ3n) is 2.92. The maximum Gasteiger partial charge on any atom is 0.320 e. The molecular formula is C14H17Br2NO6S. The molecule has 0 aliphatic heterocycles. The van der Waals surface area contributed by atoms with E-state index in [4.69, 9.17) is 9.84 Å². The van der Waals surface area contributed by atoms with Crippen molar-refractivity contribution in [2.24, 2.45) is 0 Å². The van der Waals surface area contributed by atoms with Crippen molar-refractivity contribution < 1.29 is 27.9 Å². The van der Waals surface area contributed by atoms with Crippen LogP contribution in [-0.4, -0.2) is 48.3 Å². The van der Waals surface area contributed by atoms with E-state index < -0.39 is 31.6 Å². The molecule has 0 heterocycles. The van der Waals surface area contributed by atoms with Crippen molar-refractivity contribution in [2.75, 3.05) is 13.2 Å². The molecule has 1 aromatic carbocycles. The molecule has 0 saturated carbocycles. The zero-order valence-corrected chi connectivity index (χ0v) is 16.7. The number of aliphatic carboxylic acids is 1. The molecule has 1 unspecified atom stereocenters. The number of ether oxygens (including phenoxy) is 1. The lowest BCUT2D eigenvalue weighted by Gasteiger charge is -2.14. The number of carbonyl (C=O) groups is 2. The van der Waals surface area contributed by atoms with Crippen LogP contribution in [-0.2, 0) is 30.8 Å². The molecule has 0 aliphatic carbocycles. The van der Waals surface area contributed by atoms with E-state index >= 15 is 0 Å². The zero-order chi connectivity index (χ0) is 18.3. The fraction of sp³-hybridized carbons (Fsp3) is 0.429. The minimum atomic E-state index is -3.92. The summed E-state index contributed by atoms with van der Waals surface area (Å²) in [6.07, 6.45) is 0.118. The van der Waals surface area contributed by atoms with Crippen molar-refractivity contribution in [3.63, 3.8) is 0 Å². The van der Waals surface area contributed by atoms with Crippen LogP contribution in [0.1, 0.15) is 12.5 Å². The largest absolute Gasteiger partial charge is 0.480 e. The van der Waals surface area contributed by atoms with Gasteiger partial charge in [-0.25, -0.2) is 13.1 Å². The van der Waals surface area contributed by atoms with Crippen LogP contribution in [0.3, 0.4) is 0 Å². The van der Waals surface area contributed by atoms with Crippen LogP contribution < -0.4 is 4.72 Å². The highest BCUT2D eigenvalue weighted by Gasteiger charge is 2.24. The van der Waals surface area contributed by atoms with E-state index in [-0.39, 0.29) is 24.5 Å². The number of carboxylic acids is 1. The first-order chi connectivity index (χ1) is 11.2. The molecule has 1 aromatic rings. The number of carbonyl (C=O) groups excluding carboxylic acids is 1. The van der Waals surface area contributed by atoms with Gasteiger partial charge in [0.25, 0.3) is 0 Å². The third-order valence-corrected chi connectivity index (χ3v) is 5.86. The fourth-order valence-electron chi connectivity index (χ4n) is 1.79. The number of sulfonamides is 1. The molecule has 7 nitrogen and oxygen atoms in total. The first-order valence-electron chi connectivity index (χ1n) is 6.94. The molecule has 0 saturated heterocycles. The molecule has 0 aromatic heterocycles. The highest BCUT2D eigenvalue weighted by atomic mass is 79.9. The molecule has 24 heavy (non-hydrogen) atoms. The van der Waals surface area contributed by atoms with E-state index in [2.05, 4.69) is 36.6 Å². The summed E-state index contributed by atoms with van der Waals surface area (Å²) in [6, 6.07) is 6.19. The molecule has 1 rings (SSSR count). The molecule has 0 radical (unpaired) electrons. The number of esters is 1. The summed E-state index contributed by atoms with van der Waals surface area (Å²) < 4.78 is 31.9. The average molecular weight is 487 g/mol. The Labute approximate surface area is 157 Å². The molecular weight excluding hydrogens is 470 g/mol. The lowest BCUT2D eigenvalue weighted by molar-refractivity contribution is -0.142. The van der Waals surface area contributed by atoms with Crippen LogP contribution in [0.25, 0.3) is 0 Å². The van der Waals surface area contributed by atoms with Crippen LogP contribution >= 0.6 is 31.9 Å². The summed E-state index contributed by atoms with van der Waals surface area (Å²) in [5, 5.41) is 8.80. The summed E-state index contributed by atoms with van der Waals surface area (Å²) in [6.45, 7) is 1.60. The second-order valence-corrected chi connectivity index (χ2v) is 8.64. The molecule has 2 atom stereocenters. The predicted octanol–water partition coefficient (Wildman–Crippen LogP) is 1.68. The Bertz CT molecular complexity index is 694. The van der Waals surface area contributed by atoms with Crippen molar-refractivity contribution >= 4 is 53.8 Å². The van der Waals surface area contributed by atoms with Gasteiger partial charge in [0.05, 0.1) is 11.5 Å². The summed E-state index contributed by atoms with van der Waals surface area (Å²) in [5.74, 6) is -1.65. The molecule has 0 aliphatic rings. The Morgan fingerprint density at radius 2 is 1.88 bits per heavy atom. The first kappa shape index (κ1) is 21.1. The number of hydrogen-bond donors (Lipinski definition) is 2. The van der Waals surface area contributed by atoms with Crippen molar-refractivity contribution in [1.29, 1.82) is 0 Å².